The molecule has 0 aliphatic carbocycles. The Bertz CT molecular complexity index is 2390. The van der Waals surface area contributed by atoms with Gasteiger partial charge in [0.25, 0.3) is 0 Å². The molecule has 1 radical (unpaired) electrons. The van der Waals surface area contributed by atoms with Gasteiger partial charge >= 0.3 is 0 Å². The second kappa shape index (κ2) is 13.5. The van der Waals surface area contributed by atoms with Crippen LogP contribution < -0.4 is 5.19 Å². The van der Waals surface area contributed by atoms with Crippen molar-refractivity contribution in [1.82, 2.24) is 9.97 Å². The maximum absolute atomic E-state index is 8.48. The van der Waals surface area contributed by atoms with E-state index in [4.69, 9.17) is 6.35 Å². The first-order chi connectivity index (χ1) is 22.5. The zero-order valence-corrected chi connectivity index (χ0v) is 32.4. The Balaban J connectivity index is 0.000000201. The number of benzene rings is 4. The molecule has 237 valence electrons. The van der Waals surface area contributed by atoms with Gasteiger partial charge < -0.3 is 9.97 Å². The molecule has 0 atom stereocenters. The number of thiophene rings is 2. The molecule has 4 aromatic heterocycles. The van der Waals surface area contributed by atoms with E-state index >= 15 is 0 Å². The van der Waals surface area contributed by atoms with Gasteiger partial charge in [0.15, 0.2) is 0 Å². The van der Waals surface area contributed by atoms with Crippen molar-refractivity contribution in [2.75, 3.05) is 0 Å². The number of nitrogens with zero attached hydrogens (tertiary/aromatic N) is 2. The van der Waals surface area contributed by atoms with Gasteiger partial charge in [0.1, 0.15) is 0 Å². The number of aryl methyl sites for hydroxylation is 1. The van der Waals surface area contributed by atoms with Crippen molar-refractivity contribution in [3.05, 3.63) is 127 Å². The maximum Gasteiger partial charge on any atom is 0.0795 e. The Labute approximate surface area is 301 Å². The Hall–Kier alpha value is -3.51. The summed E-state index contributed by atoms with van der Waals surface area (Å²) in [5.74, 6) is -0.671. The van der Waals surface area contributed by atoms with E-state index in [1.54, 1.807) is 11.3 Å². The van der Waals surface area contributed by atoms with Gasteiger partial charge in [-0.05, 0) is 73.3 Å². The molecule has 0 bridgehead atoms. The molecule has 0 N–H and O–H groups in total. The van der Waals surface area contributed by atoms with E-state index in [0.29, 0.717) is 0 Å². The number of rotatable bonds is 4. The predicted molar refractivity (Wildman–Crippen MR) is 205 cm³/mol. The minimum atomic E-state index is -1.23. The van der Waals surface area contributed by atoms with Gasteiger partial charge in [0, 0.05) is 43.3 Å². The van der Waals surface area contributed by atoms with Crippen LogP contribution in [0.2, 0.25) is 19.6 Å². The molecular formula is C41H36IrN2S2Si-2. The number of hydrogen-bond donors (Lipinski definition) is 0. The maximum atomic E-state index is 8.48. The Morgan fingerprint density at radius 3 is 2.30 bits per heavy atom. The summed E-state index contributed by atoms with van der Waals surface area (Å²) < 4.78 is 13.5. The molecule has 8 aromatic rings. The third kappa shape index (κ3) is 6.63. The molecule has 4 aromatic carbocycles. The molecule has 0 aliphatic rings. The third-order valence-electron chi connectivity index (χ3n) is 8.36. The molecule has 0 saturated carbocycles. The van der Waals surface area contributed by atoms with Crippen LogP contribution in [-0.4, -0.2) is 18.0 Å². The molecule has 0 aliphatic heterocycles. The van der Waals surface area contributed by atoms with Crippen LogP contribution in [0.15, 0.2) is 103 Å². The molecule has 0 amide bonds. The number of hydrogen-bond acceptors (Lipinski definition) is 4. The SMILES string of the molecule is C[Si](C)(C)c1ccc(-c2[c-]cccc2)nc1.[2H]C(C)(C)c1ccnc(-c2[c-]c3sc4ccccc4c3c3c2sc2cc(C)ccc23)c1.[Ir]. The van der Waals surface area contributed by atoms with Gasteiger partial charge in [-0.3, -0.25) is 0 Å². The zero-order valence-electron chi connectivity index (χ0n) is 28.4. The minimum Gasteiger partial charge on any atom is -0.305 e. The van der Waals surface area contributed by atoms with Crippen LogP contribution in [0.25, 0.3) is 62.9 Å². The monoisotopic (exact) mass is 842 g/mol. The Morgan fingerprint density at radius 2 is 1.57 bits per heavy atom. The average molecular weight is 842 g/mol. The summed E-state index contributed by atoms with van der Waals surface area (Å²) in [6.45, 7) is 13.0. The molecule has 8 rings (SSSR count). The predicted octanol–water partition coefficient (Wildman–Crippen LogP) is 11.8. The van der Waals surface area contributed by atoms with E-state index in [0.717, 1.165) is 28.1 Å². The van der Waals surface area contributed by atoms with Crippen molar-refractivity contribution in [1.29, 1.82) is 0 Å². The quantitative estimate of drug-likeness (QED) is 0.130. The fraction of sp³-hybridized carbons (Fsp3) is 0.171. The molecular weight excluding hydrogens is 805 g/mol. The summed E-state index contributed by atoms with van der Waals surface area (Å²) >= 11 is 3.62. The van der Waals surface area contributed by atoms with Crippen LogP contribution in [0.5, 0.6) is 0 Å². The molecule has 6 heteroatoms. The van der Waals surface area contributed by atoms with Gasteiger partial charge in [-0.1, -0.05) is 98.4 Å². The van der Waals surface area contributed by atoms with Crippen molar-refractivity contribution in [2.45, 2.75) is 46.3 Å². The van der Waals surface area contributed by atoms with E-state index in [1.807, 2.05) is 67.9 Å². The summed E-state index contributed by atoms with van der Waals surface area (Å²) in [5.41, 5.74) is 6.23. The third-order valence-corrected chi connectivity index (χ3v) is 12.6. The zero-order chi connectivity index (χ0) is 32.9. The van der Waals surface area contributed by atoms with Crippen molar-refractivity contribution < 1.29 is 21.5 Å². The Kier molecular flexibility index (Phi) is 9.23. The summed E-state index contributed by atoms with van der Waals surface area (Å²) in [6.07, 6.45) is 3.84. The fourth-order valence-electron chi connectivity index (χ4n) is 5.79. The molecule has 0 saturated heterocycles. The van der Waals surface area contributed by atoms with E-state index < -0.39 is 14.0 Å². The number of aromatic nitrogens is 2. The van der Waals surface area contributed by atoms with Crippen molar-refractivity contribution in [2.24, 2.45) is 0 Å². The number of pyridine rings is 2. The topological polar surface area (TPSA) is 25.8 Å². The van der Waals surface area contributed by atoms with Crippen LogP contribution >= 0.6 is 22.7 Å². The molecule has 2 nitrogen and oxygen atoms in total. The van der Waals surface area contributed by atoms with Crippen LogP contribution in [0.3, 0.4) is 0 Å². The largest absolute Gasteiger partial charge is 0.305 e. The van der Waals surface area contributed by atoms with Crippen LogP contribution in [0.1, 0.15) is 32.2 Å². The van der Waals surface area contributed by atoms with Gasteiger partial charge in [-0.2, -0.15) is 22.7 Å². The van der Waals surface area contributed by atoms with Crippen LogP contribution in [-0.2, 0) is 20.1 Å². The van der Waals surface area contributed by atoms with Crippen LogP contribution in [0.4, 0.5) is 0 Å². The van der Waals surface area contributed by atoms with Crippen LogP contribution in [0, 0.1) is 19.1 Å². The standard InChI is InChI=1S/C27H20NS2.C14H16NSi.Ir/c1-15(2)17-10-11-28-21(13-17)20-14-24-25(18-6-4-5-7-22(18)29-24)26-19-9-8-16(3)12-23(19)30-27(20)26;1-16(2,3)13-9-10-14(15-11-13)12-7-5-4-6-8-12;/h4-13,15H,1-3H3;4-7,9-11H,1-3H3;/q2*-1;/i15D;;. The molecule has 0 spiro atoms. The number of fused-ring (bicyclic) bond motifs is 7. The van der Waals surface area contributed by atoms with E-state index in [1.165, 1.54) is 51.1 Å². The Morgan fingerprint density at radius 1 is 0.787 bits per heavy atom. The normalized spacial score (nSPS) is 12.2. The van der Waals surface area contributed by atoms with E-state index in [9.17, 15) is 0 Å². The summed E-state index contributed by atoms with van der Waals surface area (Å²) in [4.78, 5) is 9.24. The van der Waals surface area contributed by atoms with Gasteiger partial charge in [-0.25, -0.2) is 0 Å². The molecule has 0 unspecified atom stereocenters. The van der Waals surface area contributed by atoms with Gasteiger partial charge in [-0.15, -0.1) is 47.5 Å². The summed E-state index contributed by atoms with van der Waals surface area (Å²) in [7, 11) is -1.23. The molecule has 0 fully saturated rings. The first kappa shape index (κ1) is 32.1. The van der Waals surface area contributed by atoms with E-state index in [2.05, 4.69) is 104 Å². The van der Waals surface area contributed by atoms with E-state index in [-0.39, 0.29) is 20.1 Å². The summed E-state index contributed by atoms with van der Waals surface area (Å²) in [6, 6.07) is 38.6. The second-order valence-electron chi connectivity index (χ2n) is 13.0. The summed E-state index contributed by atoms with van der Waals surface area (Å²) in [5, 5.41) is 6.59. The van der Waals surface area contributed by atoms with Crippen molar-refractivity contribution in [3.63, 3.8) is 0 Å². The fourth-order valence-corrected chi connectivity index (χ4v) is 9.25. The first-order valence-electron chi connectivity index (χ1n) is 16.1. The smallest absolute Gasteiger partial charge is 0.0795 e. The average Bonchev–Trinajstić information content (AvgIpc) is 3.62. The first-order valence-corrected chi connectivity index (χ1v) is 20.7. The molecule has 4 heterocycles. The van der Waals surface area contributed by atoms with Gasteiger partial charge in [0.2, 0.25) is 0 Å². The molecule has 47 heavy (non-hydrogen) atoms. The van der Waals surface area contributed by atoms with Crippen molar-refractivity contribution >= 4 is 76.3 Å². The minimum absolute atomic E-state index is 0. The second-order valence-corrected chi connectivity index (χ2v) is 20.2. The van der Waals surface area contributed by atoms with Gasteiger partial charge in [0.05, 0.1) is 8.07 Å². The van der Waals surface area contributed by atoms with Crippen molar-refractivity contribution in [3.8, 4) is 22.5 Å².